The van der Waals surface area contributed by atoms with Crippen molar-refractivity contribution in [2.24, 2.45) is 0 Å². The third kappa shape index (κ3) is 4.25. The van der Waals surface area contributed by atoms with E-state index in [9.17, 15) is 5.11 Å². The Hall–Kier alpha value is -1.50. The summed E-state index contributed by atoms with van der Waals surface area (Å²) >= 11 is 0. The third-order valence-corrected chi connectivity index (χ3v) is 4.12. The first-order valence-electron chi connectivity index (χ1n) is 8.12. The van der Waals surface area contributed by atoms with Crippen molar-refractivity contribution < 1.29 is 5.11 Å². The van der Waals surface area contributed by atoms with Gasteiger partial charge in [-0.05, 0) is 46.3 Å². The van der Waals surface area contributed by atoms with Gasteiger partial charge in [-0.15, -0.1) is 13.2 Å². The highest BCUT2D eigenvalue weighted by atomic mass is 16.3. The molecule has 22 heavy (non-hydrogen) atoms. The van der Waals surface area contributed by atoms with E-state index >= 15 is 0 Å². The molecule has 0 saturated heterocycles. The lowest BCUT2D eigenvalue weighted by Gasteiger charge is -2.29. The SMILES string of the molecule is C=CCC(CC=C)c1cc(C(C)(C)C)c(O)c(C(C)(C)C)c1. The van der Waals surface area contributed by atoms with Gasteiger partial charge in [0.2, 0.25) is 0 Å². The smallest absolute Gasteiger partial charge is 0.123 e. The minimum absolute atomic E-state index is 0.0903. The van der Waals surface area contributed by atoms with E-state index in [1.54, 1.807) is 0 Å². The minimum atomic E-state index is -0.0903. The van der Waals surface area contributed by atoms with Gasteiger partial charge in [0, 0.05) is 0 Å². The molecule has 0 heterocycles. The topological polar surface area (TPSA) is 20.2 Å². The molecule has 1 N–H and O–H groups in total. The third-order valence-electron chi connectivity index (χ3n) is 4.12. The van der Waals surface area contributed by atoms with Crippen LogP contribution in [-0.4, -0.2) is 5.11 Å². The van der Waals surface area contributed by atoms with Crippen molar-refractivity contribution in [3.8, 4) is 5.75 Å². The molecule has 0 unspecified atom stereocenters. The summed E-state index contributed by atoms with van der Waals surface area (Å²) in [6, 6.07) is 4.34. The molecule has 1 rings (SSSR count). The van der Waals surface area contributed by atoms with Crippen molar-refractivity contribution in [2.45, 2.75) is 71.1 Å². The summed E-state index contributed by atoms with van der Waals surface area (Å²) in [5.74, 6) is 0.817. The van der Waals surface area contributed by atoms with Gasteiger partial charge in [-0.1, -0.05) is 65.8 Å². The molecule has 0 spiro atoms. The molecule has 0 amide bonds. The predicted octanol–water partition coefficient (Wildman–Crippen LogP) is 6.22. The quantitative estimate of drug-likeness (QED) is 0.640. The van der Waals surface area contributed by atoms with Crippen LogP contribution in [0.1, 0.15) is 77.0 Å². The Labute approximate surface area is 136 Å². The molecule has 1 aromatic carbocycles. The number of phenolic OH excluding ortho intramolecular Hbond substituents is 1. The first-order valence-corrected chi connectivity index (χ1v) is 8.12. The Bertz CT molecular complexity index is 493. The van der Waals surface area contributed by atoms with Crippen LogP contribution in [0.2, 0.25) is 0 Å². The molecular weight excluding hydrogens is 268 g/mol. The molecule has 122 valence electrons. The summed E-state index contributed by atoms with van der Waals surface area (Å²) in [5.41, 5.74) is 3.13. The molecule has 0 aromatic heterocycles. The van der Waals surface area contributed by atoms with Gasteiger partial charge in [-0.25, -0.2) is 0 Å². The molecule has 0 aliphatic carbocycles. The molecule has 0 saturated carbocycles. The maximum Gasteiger partial charge on any atom is 0.123 e. The van der Waals surface area contributed by atoms with Gasteiger partial charge in [-0.3, -0.25) is 0 Å². The summed E-state index contributed by atoms with van der Waals surface area (Å²) in [7, 11) is 0. The monoisotopic (exact) mass is 300 g/mol. The van der Waals surface area contributed by atoms with Gasteiger partial charge in [0.15, 0.2) is 0 Å². The average Bonchev–Trinajstić information content (AvgIpc) is 2.36. The van der Waals surface area contributed by atoms with E-state index in [1.807, 2.05) is 12.2 Å². The maximum absolute atomic E-state index is 10.8. The molecule has 0 aliphatic rings. The van der Waals surface area contributed by atoms with Crippen molar-refractivity contribution >= 4 is 0 Å². The summed E-state index contributed by atoms with van der Waals surface area (Å²) in [6.45, 7) is 20.7. The summed E-state index contributed by atoms with van der Waals surface area (Å²) < 4.78 is 0. The van der Waals surface area contributed by atoms with Crippen molar-refractivity contribution in [2.75, 3.05) is 0 Å². The Morgan fingerprint density at radius 3 is 1.55 bits per heavy atom. The van der Waals surface area contributed by atoms with Crippen LogP contribution in [0.15, 0.2) is 37.4 Å². The first-order chi connectivity index (χ1) is 10.0. The Morgan fingerprint density at radius 1 is 0.909 bits per heavy atom. The second-order valence-corrected chi connectivity index (χ2v) is 8.21. The Balaban J connectivity index is 3.58. The fourth-order valence-electron chi connectivity index (χ4n) is 2.81. The van der Waals surface area contributed by atoms with E-state index in [1.165, 1.54) is 5.56 Å². The lowest BCUT2D eigenvalue weighted by molar-refractivity contribution is 0.422. The second-order valence-electron chi connectivity index (χ2n) is 8.21. The number of phenols is 1. The fraction of sp³-hybridized carbons (Fsp3) is 0.524. The van der Waals surface area contributed by atoms with Crippen LogP contribution in [0.5, 0.6) is 5.75 Å². The van der Waals surface area contributed by atoms with E-state index in [-0.39, 0.29) is 10.8 Å². The first kappa shape index (κ1) is 18.5. The number of hydrogen-bond donors (Lipinski definition) is 1. The van der Waals surface area contributed by atoms with Crippen molar-refractivity contribution in [1.82, 2.24) is 0 Å². The number of allylic oxidation sites excluding steroid dienone is 2. The number of rotatable bonds is 5. The van der Waals surface area contributed by atoms with Gasteiger partial charge in [0.25, 0.3) is 0 Å². The van der Waals surface area contributed by atoms with Crippen LogP contribution >= 0.6 is 0 Å². The fourth-order valence-corrected chi connectivity index (χ4v) is 2.81. The van der Waals surface area contributed by atoms with Crippen LogP contribution in [0, 0.1) is 0 Å². The average molecular weight is 300 g/mol. The normalized spacial score (nSPS) is 12.5. The predicted molar refractivity (Wildman–Crippen MR) is 97.9 cm³/mol. The Kier molecular flexibility index (Phi) is 5.67. The zero-order chi connectivity index (χ0) is 17.1. The zero-order valence-corrected chi connectivity index (χ0v) is 15.2. The van der Waals surface area contributed by atoms with Crippen molar-refractivity contribution in [3.63, 3.8) is 0 Å². The second kappa shape index (κ2) is 6.73. The highest BCUT2D eigenvalue weighted by Crippen LogP contribution is 2.42. The minimum Gasteiger partial charge on any atom is -0.507 e. The van der Waals surface area contributed by atoms with E-state index in [0.29, 0.717) is 11.7 Å². The number of hydrogen-bond acceptors (Lipinski definition) is 1. The molecular formula is C21H32O. The standard InChI is InChI=1S/C21H32O/c1-9-11-15(12-10-2)16-13-17(20(3,4)5)19(22)18(14-16)21(6,7)8/h9-10,13-15,22H,1-2,11-12H2,3-8H3. The molecule has 1 heteroatoms. The molecule has 0 bridgehead atoms. The highest BCUT2D eigenvalue weighted by Gasteiger charge is 2.27. The zero-order valence-electron chi connectivity index (χ0n) is 15.2. The summed E-state index contributed by atoms with van der Waals surface area (Å²) in [5, 5.41) is 10.8. The highest BCUT2D eigenvalue weighted by molar-refractivity contribution is 5.50. The lowest BCUT2D eigenvalue weighted by Crippen LogP contribution is -2.18. The van der Waals surface area contributed by atoms with Gasteiger partial charge in [0.05, 0.1) is 0 Å². The van der Waals surface area contributed by atoms with Gasteiger partial charge < -0.3 is 5.11 Å². The molecule has 1 aromatic rings. The van der Waals surface area contributed by atoms with Crippen LogP contribution in [-0.2, 0) is 10.8 Å². The van der Waals surface area contributed by atoms with E-state index < -0.39 is 0 Å². The summed E-state index contributed by atoms with van der Waals surface area (Å²) in [4.78, 5) is 0. The molecule has 0 aliphatic heterocycles. The number of aromatic hydroxyl groups is 1. The Morgan fingerprint density at radius 2 is 1.27 bits per heavy atom. The van der Waals surface area contributed by atoms with Gasteiger partial charge in [-0.2, -0.15) is 0 Å². The van der Waals surface area contributed by atoms with Gasteiger partial charge >= 0.3 is 0 Å². The molecule has 1 nitrogen and oxygen atoms in total. The van der Waals surface area contributed by atoms with Crippen molar-refractivity contribution in [1.29, 1.82) is 0 Å². The van der Waals surface area contributed by atoms with E-state index in [0.717, 1.165) is 24.0 Å². The van der Waals surface area contributed by atoms with Crippen LogP contribution in [0.3, 0.4) is 0 Å². The van der Waals surface area contributed by atoms with Crippen molar-refractivity contribution in [3.05, 3.63) is 54.1 Å². The largest absolute Gasteiger partial charge is 0.507 e. The molecule has 0 atom stereocenters. The van der Waals surface area contributed by atoms with E-state index in [4.69, 9.17) is 0 Å². The maximum atomic E-state index is 10.8. The van der Waals surface area contributed by atoms with E-state index in [2.05, 4.69) is 66.8 Å². The van der Waals surface area contributed by atoms with Crippen LogP contribution < -0.4 is 0 Å². The lowest BCUT2D eigenvalue weighted by atomic mass is 9.76. The van der Waals surface area contributed by atoms with Crippen LogP contribution in [0.25, 0.3) is 0 Å². The summed E-state index contributed by atoms with van der Waals surface area (Å²) in [6.07, 6.45) is 5.77. The molecule has 0 radical (unpaired) electrons. The molecule has 0 fully saturated rings. The van der Waals surface area contributed by atoms with Crippen LogP contribution in [0.4, 0.5) is 0 Å². The van der Waals surface area contributed by atoms with Gasteiger partial charge in [0.1, 0.15) is 5.75 Å². The number of benzene rings is 1.